The normalized spacial score (nSPS) is 16.0. The zero-order valence-corrected chi connectivity index (χ0v) is 55.7. The second-order valence-electron chi connectivity index (χ2n) is 28.1. The molecule has 97 heavy (non-hydrogen) atoms. The van der Waals surface area contributed by atoms with Gasteiger partial charge < -0.3 is 9.30 Å². The van der Waals surface area contributed by atoms with Gasteiger partial charge in [0.15, 0.2) is 8.07 Å². The van der Waals surface area contributed by atoms with Gasteiger partial charge >= 0.3 is 0 Å². The van der Waals surface area contributed by atoms with Gasteiger partial charge in [0.25, 0.3) is 6.33 Å². The summed E-state index contributed by atoms with van der Waals surface area (Å²) < 4.78 is 152. The number of benzene rings is 12. The molecule has 16 aromatic rings. The third-order valence-corrected chi connectivity index (χ3v) is 24.8. The van der Waals surface area contributed by atoms with Crippen molar-refractivity contribution in [3.63, 3.8) is 0 Å². The number of nitrogens with zero attached hydrogens (tertiary/aromatic N) is 5. The molecule has 12 aromatic carbocycles. The first-order chi connectivity index (χ1) is 53.0. The summed E-state index contributed by atoms with van der Waals surface area (Å²) in [6, 6.07) is 55.7. The molecule has 0 saturated carbocycles. The monoisotopic (exact) mass is 1280 g/mol. The summed E-state index contributed by atoms with van der Waals surface area (Å²) in [5.74, 6) is 1.66. The maximum Gasteiger partial charge on any atom is 0.269 e. The van der Waals surface area contributed by atoms with Crippen molar-refractivity contribution in [3.05, 3.63) is 314 Å². The molecule has 0 spiro atoms. The molecule has 18 rings (SSSR count). The average molecular weight is 1280 g/mol. The fraction of sp³-hybridized carbons (Fsp3) is 0.133. The largest absolute Gasteiger partial charge is 0.458 e. The van der Waals surface area contributed by atoms with E-state index in [1.54, 1.807) is 6.07 Å². The van der Waals surface area contributed by atoms with Gasteiger partial charge in [-0.15, -0.1) is 0 Å². The van der Waals surface area contributed by atoms with Crippen LogP contribution in [0, 0.1) is 6.33 Å². The first kappa shape index (κ1) is 45.3. The molecule has 6 nitrogen and oxygen atoms in total. The molecule has 0 amide bonds. The number of rotatable bonds is 9. The van der Waals surface area contributed by atoms with Crippen LogP contribution in [0.3, 0.4) is 0 Å². The zero-order chi connectivity index (χ0) is 77.7. The second-order valence-corrected chi connectivity index (χ2v) is 31.7. The molecule has 0 unspecified atom stereocenters. The average Bonchev–Trinajstić information content (AvgIpc) is 1.61. The smallest absolute Gasteiger partial charge is 0.269 e. The molecule has 0 bridgehead atoms. The van der Waals surface area contributed by atoms with Crippen LogP contribution in [-0.4, -0.2) is 26.8 Å². The van der Waals surface area contributed by atoms with Gasteiger partial charge in [-0.1, -0.05) is 254 Å². The van der Waals surface area contributed by atoms with Gasteiger partial charge in [0.2, 0.25) is 0 Å². The first-order valence-electron chi connectivity index (χ1n) is 40.0. The Hall–Kier alpha value is -11.1. The number of para-hydroxylation sites is 4. The fourth-order valence-corrected chi connectivity index (χ4v) is 19.6. The summed E-state index contributed by atoms with van der Waals surface area (Å²) in [5.41, 5.74) is 13.7. The van der Waals surface area contributed by atoms with Crippen molar-refractivity contribution in [2.24, 2.45) is 0 Å². The lowest BCUT2D eigenvalue weighted by Crippen LogP contribution is -2.74. The van der Waals surface area contributed by atoms with Crippen LogP contribution in [0.2, 0.25) is 0 Å². The number of hydrogen-bond acceptors (Lipinski definition) is 2. The van der Waals surface area contributed by atoms with Gasteiger partial charge in [0.1, 0.15) is 17.3 Å². The van der Waals surface area contributed by atoms with E-state index in [4.69, 9.17) is 13.8 Å². The molecule has 1 aliphatic heterocycles. The van der Waals surface area contributed by atoms with Crippen LogP contribution in [-0.2, 0) is 16.2 Å². The maximum absolute atomic E-state index is 10.3. The van der Waals surface area contributed by atoms with Crippen molar-refractivity contribution >= 4 is 83.5 Å². The van der Waals surface area contributed by atoms with Gasteiger partial charge in [0, 0.05) is 33.8 Å². The summed E-state index contributed by atoms with van der Waals surface area (Å²) in [6.45, 7) is 15.7. The third kappa shape index (κ3) is 9.12. The van der Waals surface area contributed by atoms with E-state index in [0.29, 0.717) is 45.0 Å². The Morgan fingerprint density at radius 1 is 0.454 bits per heavy atom. The van der Waals surface area contributed by atoms with Gasteiger partial charge in [-0.3, -0.25) is 13.7 Å². The van der Waals surface area contributed by atoms with Crippen LogP contribution < -0.4 is 30.1 Å². The van der Waals surface area contributed by atoms with Crippen molar-refractivity contribution in [2.45, 2.75) is 77.6 Å². The van der Waals surface area contributed by atoms with Crippen LogP contribution in [0.4, 0.5) is 0 Å². The summed E-state index contributed by atoms with van der Waals surface area (Å²) >= 11 is 0. The van der Waals surface area contributed by atoms with E-state index in [-0.39, 0.29) is 26.6 Å². The molecule has 4 aromatic heterocycles. The van der Waals surface area contributed by atoms with Gasteiger partial charge in [-0.25, -0.2) is 4.98 Å². The van der Waals surface area contributed by atoms with E-state index in [2.05, 4.69) is 153 Å². The molecule has 0 radical (unpaired) electrons. The van der Waals surface area contributed by atoms with Crippen molar-refractivity contribution in [1.29, 1.82) is 0 Å². The van der Waals surface area contributed by atoms with Crippen molar-refractivity contribution in [3.8, 4) is 67.8 Å². The van der Waals surface area contributed by atoms with E-state index in [1.807, 2.05) is 114 Å². The molecule has 0 N–H and O–H groups in total. The summed E-state index contributed by atoms with van der Waals surface area (Å²) in [7, 11) is -5.63. The highest BCUT2D eigenvalue weighted by atomic mass is 28.3. The predicted molar refractivity (Wildman–Crippen MR) is 404 cm³/mol. The number of fused-ring (bicyclic) bond motifs is 14. The molecule has 1 aliphatic carbocycles. The van der Waals surface area contributed by atoms with Crippen LogP contribution >= 0.6 is 0 Å². The van der Waals surface area contributed by atoms with Gasteiger partial charge in [0.05, 0.1) is 69.4 Å². The third-order valence-electron chi connectivity index (χ3n) is 20.5. The zero-order valence-electron chi connectivity index (χ0n) is 68.7. The van der Waals surface area contributed by atoms with Crippen LogP contribution in [0.25, 0.3) is 111 Å². The lowest BCUT2D eigenvalue weighted by atomic mass is 9.62. The number of pyridine rings is 1. The minimum absolute atomic E-state index is 0.0455. The number of aromatic nitrogens is 5. The van der Waals surface area contributed by atoms with Crippen LogP contribution in [0.1, 0.15) is 97.2 Å². The number of hydrogen-bond donors (Lipinski definition) is 0. The number of imidazole rings is 1. The highest BCUT2D eigenvalue weighted by Crippen LogP contribution is 2.53. The standard InChI is InChI=1S/C90H73N5OSi/c1-88(2,3)59-47-50-91-85(51-59)95-81-43-24-21-39-71(81)72-46-45-62(53-83(72)95)96-61-28-25-27-60(52-61)92-58-93-86-73(40-26-44-82(86)94-79-41-22-19-37-69(79)70-38-20-23-42-80(70)94)75-57-78-77(89(4,5)48-49-90(78,6)7)56-74(75)67-35-17-18-36-68(67)76-54-66(55-84(92)87(76)93)97(63-29-11-8-12-30-63,64-31-13-9-14-32-64)65-33-15-10-16-34-65/h8-47,50-57H,48-49H2,1-7H3/i8D,9D,10D,11D,12D,13D,14D,15D,16D,29D,30D,31D,32D,33D. The Kier molecular flexibility index (Phi) is 10.3. The van der Waals surface area contributed by atoms with Crippen molar-refractivity contribution in [1.82, 2.24) is 18.7 Å². The van der Waals surface area contributed by atoms with Crippen molar-refractivity contribution in [2.75, 3.05) is 0 Å². The predicted octanol–water partition coefficient (Wildman–Crippen LogP) is 19.4. The van der Waals surface area contributed by atoms with Crippen LogP contribution in [0.5, 0.6) is 11.5 Å². The van der Waals surface area contributed by atoms with E-state index >= 15 is 0 Å². The Labute approximate surface area is 587 Å². The lowest BCUT2D eigenvalue weighted by molar-refractivity contribution is -0.571. The molecule has 0 atom stereocenters. The van der Waals surface area contributed by atoms with E-state index in [9.17, 15) is 15.1 Å². The molecular weight excluding hydrogens is 1200 g/mol. The van der Waals surface area contributed by atoms with E-state index in [0.717, 1.165) is 102 Å². The Bertz CT molecular complexity index is 6590. The fourth-order valence-electron chi connectivity index (χ4n) is 15.7. The maximum atomic E-state index is 10.3. The Balaban J connectivity index is 1.03. The topological polar surface area (TPSA) is 40.8 Å². The Morgan fingerprint density at radius 3 is 1.65 bits per heavy atom. The number of ether oxygens (including phenoxy) is 1. The second kappa shape index (κ2) is 22.0. The SMILES string of the molecule is [2H]c1cc([Si](c2cc3c4c(c2)n(-c2cccc(Oc5ccc6c7ccccc7n(-c7cc(C(C)(C)C)ccn7)c6c5)c2)[c-][n+]4-c2c(cccc2-n2c4ccccc4c4ccccc42)-c2cc4c(cc2-c2ccccc2-3)C(C)(C)CCC4(C)C)(c2c([2H])c([2H])c([2H])c([2H])c2[2H])c2c([2H])c([2H])c([2H])c([2H])c2[2H])c([2H])c([2H])c1[2H]. The molecule has 468 valence electrons. The summed E-state index contributed by atoms with van der Waals surface area (Å²) in [4.78, 5) is 4.95. The molecule has 7 heteroatoms. The highest BCUT2D eigenvalue weighted by molar-refractivity contribution is 7.20. The molecule has 0 saturated heterocycles. The Morgan fingerprint density at radius 2 is 1.00 bits per heavy atom. The molecule has 5 heterocycles. The van der Waals surface area contributed by atoms with Crippen LogP contribution in [0.15, 0.2) is 291 Å². The van der Waals surface area contributed by atoms with E-state index in [1.165, 1.54) is 11.1 Å². The van der Waals surface area contributed by atoms with Crippen molar-refractivity contribution < 1.29 is 28.5 Å². The van der Waals surface area contributed by atoms with E-state index < -0.39 is 103 Å². The molecule has 2 aliphatic rings. The van der Waals surface area contributed by atoms with Gasteiger partial charge in [-0.05, 0) is 173 Å². The summed E-state index contributed by atoms with van der Waals surface area (Å²) in [6.07, 6.45) is 7.66. The lowest BCUT2D eigenvalue weighted by Gasteiger charge is -2.42. The van der Waals surface area contributed by atoms with Gasteiger partial charge in [-0.2, -0.15) is 0 Å². The minimum atomic E-state index is -5.63. The highest BCUT2D eigenvalue weighted by Gasteiger charge is 2.44. The first-order valence-corrected chi connectivity index (χ1v) is 35.0. The quantitative estimate of drug-likeness (QED) is 0.0625. The minimum Gasteiger partial charge on any atom is -0.458 e. The molecule has 0 fully saturated rings. The summed E-state index contributed by atoms with van der Waals surface area (Å²) in [5, 5.41) is 2.78. The molecular formula is C90H73N5OSi.